The van der Waals surface area contributed by atoms with Crippen LogP contribution in [0.25, 0.3) is 20.8 Å². The molecule has 0 bridgehead atoms. The van der Waals surface area contributed by atoms with Crippen LogP contribution in [0.2, 0.25) is 0 Å². The molecule has 3 aromatic carbocycles. The average Bonchev–Trinajstić information content (AvgIpc) is 3.07. The monoisotopic (exact) mass is 372 g/mol. The fraction of sp³-hybridized carbons (Fsp3) is 0.130. The van der Waals surface area contributed by atoms with Crippen molar-refractivity contribution in [2.24, 2.45) is 0 Å². The number of nitrogens with one attached hydrogen (secondary N) is 1. The summed E-state index contributed by atoms with van der Waals surface area (Å²) in [5, 5.41) is 3.97. The van der Waals surface area contributed by atoms with E-state index in [1.54, 1.807) is 11.3 Å². The summed E-state index contributed by atoms with van der Waals surface area (Å²) in [6.45, 7) is 4.12. The Hall–Kier alpha value is -2.98. The van der Waals surface area contributed by atoms with E-state index >= 15 is 0 Å². The van der Waals surface area contributed by atoms with E-state index in [9.17, 15) is 4.79 Å². The number of aromatic nitrogens is 1. The van der Waals surface area contributed by atoms with Gasteiger partial charge in [0.25, 0.3) is 0 Å². The summed E-state index contributed by atoms with van der Waals surface area (Å²) in [6, 6.07) is 22.2. The Bertz CT molecular complexity index is 1110. The van der Waals surface area contributed by atoms with Gasteiger partial charge in [-0.05, 0) is 66.9 Å². The molecule has 27 heavy (non-hydrogen) atoms. The third-order valence-electron chi connectivity index (χ3n) is 4.57. The SMILES string of the molecule is Cc1ccc2nc(-c3ccc(NC(=O)Cc4ccccc4C)cc3)sc2c1. The second kappa shape index (κ2) is 7.33. The van der Waals surface area contributed by atoms with Gasteiger partial charge in [0.15, 0.2) is 0 Å². The number of thiazole rings is 1. The van der Waals surface area contributed by atoms with Gasteiger partial charge in [0, 0.05) is 11.3 Å². The molecular weight excluding hydrogens is 352 g/mol. The molecule has 1 heterocycles. The highest BCUT2D eigenvalue weighted by Crippen LogP contribution is 2.31. The molecule has 0 spiro atoms. The molecule has 3 nitrogen and oxygen atoms in total. The van der Waals surface area contributed by atoms with E-state index in [-0.39, 0.29) is 5.91 Å². The third-order valence-corrected chi connectivity index (χ3v) is 5.64. The summed E-state index contributed by atoms with van der Waals surface area (Å²) < 4.78 is 1.20. The number of hydrogen-bond acceptors (Lipinski definition) is 3. The van der Waals surface area contributed by atoms with E-state index in [1.165, 1.54) is 10.3 Å². The average molecular weight is 372 g/mol. The van der Waals surface area contributed by atoms with Crippen molar-refractivity contribution >= 4 is 33.1 Å². The zero-order chi connectivity index (χ0) is 18.8. The Kier molecular flexibility index (Phi) is 4.73. The number of anilines is 1. The molecule has 134 valence electrons. The van der Waals surface area contributed by atoms with E-state index in [4.69, 9.17) is 4.98 Å². The molecule has 4 aromatic rings. The van der Waals surface area contributed by atoms with Crippen LogP contribution in [0.4, 0.5) is 5.69 Å². The van der Waals surface area contributed by atoms with Gasteiger partial charge in [-0.25, -0.2) is 4.98 Å². The van der Waals surface area contributed by atoms with Crippen LogP contribution in [0.3, 0.4) is 0 Å². The van der Waals surface area contributed by atoms with Gasteiger partial charge < -0.3 is 5.32 Å². The Balaban J connectivity index is 1.48. The molecule has 4 rings (SSSR count). The minimum Gasteiger partial charge on any atom is -0.326 e. The van der Waals surface area contributed by atoms with Gasteiger partial charge in [-0.3, -0.25) is 4.79 Å². The van der Waals surface area contributed by atoms with Crippen molar-refractivity contribution in [3.8, 4) is 10.6 Å². The minimum atomic E-state index is -0.00693. The molecule has 0 aliphatic heterocycles. The zero-order valence-corrected chi connectivity index (χ0v) is 16.1. The van der Waals surface area contributed by atoms with E-state index in [0.29, 0.717) is 6.42 Å². The van der Waals surface area contributed by atoms with Crippen LogP contribution < -0.4 is 5.32 Å². The summed E-state index contributed by atoms with van der Waals surface area (Å²) in [5.41, 5.74) is 6.31. The van der Waals surface area contributed by atoms with Crippen molar-refractivity contribution in [2.45, 2.75) is 20.3 Å². The number of benzene rings is 3. The first kappa shape index (κ1) is 17.4. The molecule has 0 radical (unpaired) electrons. The van der Waals surface area contributed by atoms with Crippen LogP contribution in [0, 0.1) is 13.8 Å². The standard InChI is InChI=1S/C23H20N2OS/c1-15-7-12-20-21(13-15)27-23(25-20)17-8-10-19(11-9-17)24-22(26)14-18-6-4-3-5-16(18)2/h3-13H,14H2,1-2H3,(H,24,26). The molecule has 0 fully saturated rings. The maximum absolute atomic E-state index is 12.3. The minimum absolute atomic E-state index is 0.00693. The first-order valence-electron chi connectivity index (χ1n) is 8.90. The van der Waals surface area contributed by atoms with Crippen LogP contribution in [-0.4, -0.2) is 10.9 Å². The number of carbonyl (C=O) groups excluding carboxylic acids is 1. The highest BCUT2D eigenvalue weighted by molar-refractivity contribution is 7.21. The van der Waals surface area contributed by atoms with Crippen molar-refractivity contribution in [3.05, 3.63) is 83.4 Å². The highest BCUT2D eigenvalue weighted by Gasteiger charge is 2.09. The summed E-state index contributed by atoms with van der Waals surface area (Å²) in [4.78, 5) is 17.0. The van der Waals surface area contributed by atoms with Gasteiger partial charge in [-0.1, -0.05) is 30.3 Å². The van der Waals surface area contributed by atoms with Crippen molar-refractivity contribution in [1.29, 1.82) is 0 Å². The molecule has 0 aliphatic rings. The van der Waals surface area contributed by atoms with Crippen molar-refractivity contribution in [1.82, 2.24) is 4.98 Å². The summed E-state index contributed by atoms with van der Waals surface area (Å²) in [6.07, 6.45) is 0.381. The smallest absolute Gasteiger partial charge is 0.228 e. The van der Waals surface area contributed by atoms with Crippen molar-refractivity contribution < 1.29 is 4.79 Å². The quantitative estimate of drug-likeness (QED) is 0.495. The number of nitrogens with zero attached hydrogens (tertiary/aromatic N) is 1. The fourth-order valence-corrected chi connectivity index (χ4v) is 4.11. The van der Waals surface area contributed by atoms with E-state index < -0.39 is 0 Å². The molecule has 1 N–H and O–H groups in total. The largest absolute Gasteiger partial charge is 0.326 e. The van der Waals surface area contributed by atoms with Gasteiger partial charge in [0.2, 0.25) is 5.91 Å². The first-order valence-corrected chi connectivity index (χ1v) is 9.72. The predicted octanol–water partition coefficient (Wildman–Crippen LogP) is 5.76. The molecule has 0 saturated heterocycles. The Morgan fingerprint density at radius 3 is 2.56 bits per heavy atom. The van der Waals surface area contributed by atoms with Gasteiger partial charge in [0.05, 0.1) is 16.6 Å². The normalized spacial score (nSPS) is 10.9. The maximum Gasteiger partial charge on any atom is 0.228 e. The number of carbonyl (C=O) groups is 1. The molecule has 1 amide bonds. The second-order valence-corrected chi connectivity index (χ2v) is 7.75. The van der Waals surface area contributed by atoms with E-state index in [0.717, 1.165) is 32.9 Å². The topological polar surface area (TPSA) is 42.0 Å². The molecule has 4 heteroatoms. The highest BCUT2D eigenvalue weighted by atomic mass is 32.1. The predicted molar refractivity (Wildman–Crippen MR) is 113 cm³/mol. The van der Waals surface area contributed by atoms with Gasteiger partial charge >= 0.3 is 0 Å². The van der Waals surface area contributed by atoms with E-state index in [1.807, 2.05) is 55.5 Å². The summed E-state index contributed by atoms with van der Waals surface area (Å²) >= 11 is 1.69. The summed E-state index contributed by atoms with van der Waals surface area (Å²) in [7, 11) is 0. The van der Waals surface area contributed by atoms with Crippen LogP contribution in [0.1, 0.15) is 16.7 Å². The molecule has 0 aliphatic carbocycles. The van der Waals surface area contributed by atoms with Gasteiger partial charge in [-0.2, -0.15) is 0 Å². The lowest BCUT2D eigenvalue weighted by Gasteiger charge is -2.08. The lowest BCUT2D eigenvalue weighted by molar-refractivity contribution is -0.115. The summed E-state index contributed by atoms with van der Waals surface area (Å²) in [5.74, 6) is -0.00693. The fourth-order valence-electron chi connectivity index (χ4n) is 3.04. The molecule has 0 atom stereocenters. The first-order chi connectivity index (χ1) is 13.1. The second-order valence-electron chi connectivity index (χ2n) is 6.72. The Morgan fingerprint density at radius 2 is 1.78 bits per heavy atom. The number of hydrogen-bond donors (Lipinski definition) is 1. The lowest BCUT2D eigenvalue weighted by atomic mass is 10.1. The zero-order valence-electron chi connectivity index (χ0n) is 15.3. The van der Waals surface area contributed by atoms with Crippen LogP contribution in [-0.2, 0) is 11.2 Å². The number of amides is 1. The number of fused-ring (bicyclic) bond motifs is 1. The van der Waals surface area contributed by atoms with E-state index in [2.05, 4.69) is 30.4 Å². The molecule has 0 saturated carbocycles. The van der Waals surface area contributed by atoms with Crippen molar-refractivity contribution in [3.63, 3.8) is 0 Å². The number of rotatable bonds is 4. The third kappa shape index (κ3) is 3.91. The molecule has 1 aromatic heterocycles. The van der Waals surface area contributed by atoms with Crippen LogP contribution in [0.15, 0.2) is 66.7 Å². The Labute approximate surface area is 162 Å². The van der Waals surface area contributed by atoms with Crippen LogP contribution in [0.5, 0.6) is 0 Å². The maximum atomic E-state index is 12.3. The molecule has 0 unspecified atom stereocenters. The van der Waals surface area contributed by atoms with Crippen LogP contribution >= 0.6 is 11.3 Å². The molecular formula is C23H20N2OS. The van der Waals surface area contributed by atoms with Gasteiger partial charge in [-0.15, -0.1) is 11.3 Å². The van der Waals surface area contributed by atoms with Gasteiger partial charge in [0.1, 0.15) is 5.01 Å². The Morgan fingerprint density at radius 1 is 1.00 bits per heavy atom. The number of aryl methyl sites for hydroxylation is 2. The van der Waals surface area contributed by atoms with Crippen molar-refractivity contribution in [2.75, 3.05) is 5.32 Å². The lowest BCUT2D eigenvalue weighted by Crippen LogP contribution is -2.14.